The third kappa shape index (κ3) is 3.73. The van der Waals surface area contributed by atoms with Crippen molar-refractivity contribution >= 4 is 39.9 Å². The van der Waals surface area contributed by atoms with E-state index in [0.29, 0.717) is 22.3 Å². The van der Waals surface area contributed by atoms with E-state index in [9.17, 15) is 9.59 Å². The molecular formula is C20H24ClN3O2S. The molecule has 0 spiro atoms. The summed E-state index contributed by atoms with van der Waals surface area (Å²) in [5.74, 6) is -0.163. The monoisotopic (exact) mass is 405 g/mol. The maximum Gasteiger partial charge on any atom is 0.256 e. The molecule has 3 rings (SSSR count). The van der Waals surface area contributed by atoms with E-state index in [1.807, 2.05) is 24.0 Å². The fourth-order valence-electron chi connectivity index (χ4n) is 3.21. The summed E-state index contributed by atoms with van der Waals surface area (Å²) in [6.45, 7) is 12.4. The SMILES string of the molecule is CC(=O)Nc1nc(C)c(-c2cc(Cl)c3c(c2)CN([C@@H](C)C(C)(C)C)C3=O)s1. The predicted octanol–water partition coefficient (Wildman–Crippen LogP) is 5.12. The van der Waals surface area contributed by atoms with Crippen LogP contribution in [-0.4, -0.2) is 27.7 Å². The summed E-state index contributed by atoms with van der Waals surface area (Å²) in [7, 11) is 0. The molecule has 2 amide bonds. The van der Waals surface area contributed by atoms with Gasteiger partial charge in [0.15, 0.2) is 5.13 Å². The number of nitrogens with zero attached hydrogens (tertiary/aromatic N) is 2. The van der Waals surface area contributed by atoms with Gasteiger partial charge in [-0.3, -0.25) is 9.59 Å². The van der Waals surface area contributed by atoms with Crippen molar-refractivity contribution in [2.24, 2.45) is 5.41 Å². The highest BCUT2D eigenvalue weighted by molar-refractivity contribution is 7.19. The van der Waals surface area contributed by atoms with E-state index in [2.05, 4.69) is 38.0 Å². The number of anilines is 1. The summed E-state index contributed by atoms with van der Waals surface area (Å²) >= 11 is 7.92. The Kier molecular flexibility index (Phi) is 5.08. The molecule has 1 aromatic carbocycles. The highest BCUT2D eigenvalue weighted by Gasteiger charge is 2.37. The van der Waals surface area contributed by atoms with E-state index >= 15 is 0 Å². The topological polar surface area (TPSA) is 62.3 Å². The van der Waals surface area contributed by atoms with Crippen LogP contribution in [0.25, 0.3) is 10.4 Å². The fourth-order valence-corrected chi connectivity index (χ4v) is 4.53. The number of thiazole rings is 1. The van der Waals surface area contributed by atoms with Gasteiger partial charge in [0.1, 0.15) is 0 Å². The fraction of sp³-hybridized carbons (Fsp3) is 0.450. The number of aryl methyl sites for hydroxylation is 1. The molecule has 1 N–H and O–H groups in total. The summed E-state index contributed by atoms with van der Waals surface area (Å²) in [5.41, 5.74) is 3.26. The van der Waals surface area contributed by atoms with Crippen LogP contribution in [-0.2, 0) is 11.3 Å². The van der Waals surface area contributed by atoms with E-state index in [4.69, 9.17) is 11.6 Å². The number of aromatic nitrogens is 1. The molecule has 5 nitrogen and oxygen atoms in total. The maximum atomic E-state index is 12.9. The van der Waals surface area contributed by atoms with Gasteiger partial charge in [-0.2, -0.15) is 0 Å². The summed E-state index contributed by atoms with van der Waals surface area (Å²) in [6.07, 6.45) is 0. The molecule has 1 aromatic heterocycles. The van der Waals surface area contributed by atoms with E-state index in [-0.39, 0.29) is 23.3 Å². The number of hydrogen-bond donors (Lipinski definition) is 1. The second-order valence-corrected chi connectivity index (χ2v) is 9.49. The van der Waals surface area contributed by atoms with Gasteiger partial charge in [-0.15, -0.1) is 0 Å². The van der Waals surface area contributed by atoms with Gasteiger partial charge in [-0.25, -0.2) is 4.98 Å². The molecular weight excluding hydrogens is 382 g/mol. The average molecular weight is 406 g/mol. The van der Waals surface area contributed by atoms with Crippen LogP contribution >= 0.6 is 22.9 Å². The van der Waals surface area contributed by atoms with Crippen molar-refractivity contribution in [1.29, 1.82) is 0 Å². The summed E-state index contributed by atoms with van der Waals surface area (Å²) in [6, 6.07) is 3.93. The zero-order valence-corrected chi connectivity index (χ0v) is 18.0. The van der Waals surface area contributed by atoms with E-state index < -0.39 is 0 Å². The molecule has 1 aliphatic heterocycles. The van der Waals surface area contributed by atoms with Crippen molar-refractivity contribution in [3.8, 4) is 10.4 Å². The standard InChI is InChI=1S/C20H24ClN3O2S/c1-10-17(27-19(22-10)23-12(3)25)13-7-14-9-24(11(2)20(4,5)6)18(26)16(14)15(21)8-13/h7-8,11H,9H2,1-6H3,(H,22,23,25)/t11-/m0/s1. The molecule has 0 bridgehead atoms. The number of benzene rings is 1. The second-order valence-electron chi connectivity index (χ2n) is 8.08. The van der Waals surface area contributed by atoms with Crippen molar-refractivity contribution in [1.82, 2.24) is 9.88 Å². The number of fused-ring (bicyclic) bond motifs is 1. The maximum absolute atomic E-state index is 12.9. The molecule has 144 valence electrons. The number of rotatable bonds is 3. The van der Waals surface area contributed by atoms with Crippen molar-refractivity contribution in [2.45, 2.75) is 54.1 Å². The van der Waals surface area contributed by atoms with Crippen LogP contribution in [0.5, 0.6) is 0 Å². The average Bonchev–Trinajstić information content (AvgIpc) is 3.05. The third-order valence-corrected chi connectivity index (χ3v) is 6.47. The first-order valence-corrected chi connectivity index (χ1v) is 10.1. The molecule has 27 heavy (non-hydrogen) atoms. The minimum atomic E-state index is -0.153. The highest BCUT2D eigenvalue weighted by atomic mass is 35.5. The van der Waals surface area contributed by atoms with Gasteiger partial charge in [0.2, 0.25) is 5.91 Å². The Hall–Kier alpha value is -1.92. The predicted molar refractivity (Wildman–Crippen MR) is 110 cm³/mol. The molecule has 0 radical (unpaired) electrons. The molecule has 2 aromatic rings. The first kappa shape index (κ1) is 19.8. The van der Waals surface area contributed by atoms with Crippen LogP contribution in [0.2, 0.25) is 5.02 Å². The van der Waals surface area contributed by atoms with Gasteiger partial charge in [0.05, 0.1) is 21.2 Å². The molecule has 0 saturated heterocycles. The van der Waals surface area contributed by atoms with Crippen LogP contribution < -0.4 is 5.32 Å². The van der Waals surface area contributed by atoms with Crippen molar-refractivity contribution in [3.63, 3.8) is 0 Å². The Bertz CT molecular complexity index is 930. The normalized spacial score (nSPS) is 15.1. The Morgan fingerprint density at radius 2 is 2.04 bits per heavy atom. The number of amides is 2. The smallest absolute Gasteiger partial charge is 0.256 e. The first-order chi connectivity index (χ1) is 12.5. The Morgan fingerprint density at radius 1 is 1.37 bits per heavy atom. The van der Waals surface area contributed by atoms with Crippen LogP contribution in [0.3, 0.4) is 0 Å². The van der Waals surface area contributed by atoms with Gasteiger partial charge in [-0.1, -0.05) is 43.7 Å². The zero-order valence-electron chi connectivity index (χ0n) is 16.4. The third-order valence-electron chi connectivity index (χ3n) is 5.05. The largest absolute Gasteiger partial charge is 0.331 e. The molecule has 0 fully saturated rings. The van der Waals surface area contributed by atoms with Crippen molar-refractivity contribution < 1.29 is 9.59 Å². The van der Waals surface area contributed by atoms with Gasteiger partial charge in [0, 0.05) is 19.5 Å². The van der Waals surface area contributed by atoms with E-state index in [1.165, 1.54) is 18.3 Å². The second kappa shape index (κ2) is 6.91. The van der Waals surface area contributed by atoms with E-state index in [0.717, 1.165) is 21.7 Å². The summed E-state index contributed by atoms with van der Waals surface area (Å²) in [4.78, 5) is 31.5. The lowest BCUT2D eigenvalue weighted by molar-refractivity contribution is -0.114. The number of hydrogen-bond acceptors (Lipinski definition) is 4. The highest BCUT2D eigenvalue weighted by Crippen LogP contribution is 2.40. The quantitative estimate of drug-likeness (QED) is 0.770. The van der Waals surface area contributed by atoms with Crippen molar-refractivity contribution in [3.05, 3.63) is 34.0 Å². The van der Waals surface area contributed by atoms with Gasteiger partial charge in [-0.05, 0) is 42.5 Å². The summed E-state index contributed by atoms with van der Waals surface area (Å²) < 4.78 is 0. The lowest BCUT2D eigenvalue weighted by Crippen LogP contribution is -2.41. The molecule has 0 saturated carbocycles. The number of halogens is 1. The Labute approximate surface area is 168 Å². The molecule has 1 aliphatic rings. The van der Waals surface area contributed by atoms with Gasteiger partial charge >= 0.3 is 0 Å². The Balaban J connectivity index is 1.99. The summed E-state index contributed by atoms with van der Waals surface area (Å²) in [5, 5.41) is 3.75. The molecule has 0 unspecified atom stereocenters. The molecule has 2 heterocycles. The molecule has 0 aliphatic carbocycles. The van der Waals surface area contributed by atoms with Gasteiger partial charge < -0.3 is 10.2 Å². The lowest BCUT2D eigenvalue weighted by Gasteiger charge is -2.35. The number of nitrogens with one attached hydrogen (secondary N) is 1. The molecule has 7 heteroatoms. The zero-order chi connectivity index (χ0) is 20.1. The first-order valence-electron chi connectivity index (χ1n) is 8.88. The minimum Gasteiger partial charge on any atom is -0.331 e. The van der Waals surface area contributed by atoms with Crippen LogP contribution in [0.4, 0.5) is 5.13 Å². The minimum absolute atomic E-state index is 0.0102. The van der Waals surface area contributed by atoms with Gasteiger partial charge in [0.25, 0.3) is 5.91 Å². The number of carbonyl (C=O) groups is 2. The van der Waals surface area contributed by atoms with Crippen LogP contribution in [0.1, 0.15) is 56.2 Å². The van der Waals surface area contributed by atoms with E-state index in [1.54, 1.807) is 0 Å². The number of carbonyl (C=O) groups excluding carboxylic acids is 2. The van der Waals surface area contributed by atoms with Crippen LogP contribution in [0.15, 0.2) is 12.1 Å². The van der Waals surface area contributed by atoms with Crippen LogP contribution in [0, 0.1) is 12.3 Å². The molecule has 1 atom stereocenters. The lowest BCUT2D eigenvalue weighted by atomic mass is 9.87. The Morgan fingerprint density at radius 3 is 2.63 bits per heavy atom. The van der Waals surface area contributed by atoms with Crippen molar-refractivity contribution in [2.75, 3.05) is 5.32 Å².